The van der Waals surface area contributed by atoms with Crippen molar-refractivity contribution in [3.8, 4) is 0 Å². The summed E-state index contributed by atoms with van der Waals surface area (Å²) in [5.74, 6) is 1.73. The van der Waals surface area contributed by atoms with Gasteiger partial charge in [-0.15, -0.1) is 0 Å². The first-order valence-electron chi connectivity index (χ1n) is 7.29. The van der Waals surface area contributed by atoms with Gasteiger partial charge in [0.1, 0.15) is 6.54 Å². The lowest BCUT2D eigenvalue weighted by atomic mass is 10.1. The molecule has 5 heteroatoms. The molecule has 0 spiro atoms. The van der Waals surface area contributed by atoms with E-state index in [4.69, 9.17) is 4.52 Å². The van der Waals surface area contributed by atoms with Crippen LogP contribution in [0.1, 0.15) is 62.9 Å². The normalized spacial score (nSPS) is 13.1. The van der Waals surface area contributed by atoms with Crippen LogP contribution in [0.2, 0.25) is 0 Å². The van der Waals surface area contributed by atoms with E-state index in [1.54, 1.807) is 0 Å². The maximum absolute atomic E-state index is 5.28. The molecule has 1 atom stereocenters. The molecule has 0 aromatic carbocycles. The van der Waals surface area contributed by atoms with Crippen molar-refractivity contribution in [2.45, 2.75) is 52.1 Å². The molecule has 0 bridgehead atoms. The molecule has 0 aliphatic rings. The average Bonchev–Trinajstić information content (AvgIpc) is 3.06. The second-order valence-corrected chi connectivity index (χ2v) is 5.45. The number of aromatic nitrogens is 3. The fraction of sp³-hybridized carbons (Fsp3) is 0.600. The Morgan fingerprint density at radius 2 is 2.20 bits per heavy atom. The zero-order valence-corrected chi connectivity index (χ0v) is 12.8. The SMILES string of the molecule is CCCC(NC)c1ccn(Cc2nc(C(C)C)no2)c1. The van der Waals surface area contributed by atoms with Gasteiger partial charge in [0.2, 0.25) is 5.89 Å². The molecule has 110 valence electrons. The summed E-state index contributed by atoms with van der Waals surface area (Å²) in [5.41, 5.74) is 1.30. The summed E-state index contributed by atoms with van der Waals surface area (Å²) < 4.78 is 7.37. The molecule has 0 saturated carbocycles. The summed E-state index contributed by atoms with van der Waals surface area (Å²) in [6, 6.07) is 2.56. The topological polar surface area (TPSA) is 55.9 Å². The molecule has 0 aliphatic heterocycles. The minimum Gasteiger partial charge on any atom is -0.345 e. The zero-order chi connectivity index (χ0) is 14.5. The van der Waals surface area contributed by atoms with Crippen LogP contribution in [-0.2, 0) is 6.54 Å². The van der Waals surface area contributed by atoms with Crippen molar-refractivity contribution in [1.29, 1.82) is 0 Å². The first kappa shape index (κ1) is 14.8. The number of rotatable bonds is 7. The fourth-order valence-electron chi connectivity index (χ4n) is 2.25. The third-order valence-corrected chi connectivity index (χ3v) is 3.42. The summed E-state index contributed by atoms with van der Waals surface area (Å²) in [6.07, 6.45) is 6.52. The van der Waals surface area contributed by atoms with Gasteiger partial charge in [-0.25, -0.2) is 0 Å². The summed E-state index contributed by atoms with van der Waals surface area (Å²) in [5, 5.41) is 7.34. The largest absolute Gasteiger partial charge is 0.345 e. The van der Waals surface area contributed by atoms with E-state index in [1.165, 1.54) is 5.56 Å². The number of hydrogen-bond donors (Lipinski definition) is 1. The average molecular weight is 276 g/mol. The van der Waals surface area contributed by atoms with E-state index in [2.05, 4.69) is 59.3 Å². The fourth-order valence-corrected chi connectivity index (χ4v) is 2.25. The van der Waals surface area contributed by atoms with E-state index in [1.807, 2.05) is 7.05 Å². The summed E-state index contributed by atoms with van der Waals surface area (Å²) in [6.45, 7) is 6.95. The Hall–Kier alpha value is -1.62. The van der Waals surface area contributed by atoms with Gasteiger partial charge in [-0.3, -0.25) is 0 Å². The number of nitrogens with one attached hydrogen (secondary N) is 1. The van der Waals surface area contributed by atoms with Crippen molar-refractivity contribution in [3.63, 3.8) is 0 Å². The van der Waals surface area contributed by atoms with Crippen LogP contribution in [0.3, 0.4) is 0 Å². The van der Waals surface area contributed by atoms with Crippen molar-refractivity contribution in [2.24, 2.45) is 0 Å². The van der Waals surface area contributed by atoms with Crippen molar-refractivity contribution in [2.75, 3.05) is 7.05 Å². The van der Waals surface area contributed by atoms with E-state index in [0.29, 0.717) is 24.4 Å². The van der Waals surface area contributed by atoms with E-state index < -0.39 is 0 Å². The predicted molar refractivity (Wildman–Crippen MR) is 78.6 cm³/mol. The molecule has 0 radical (unpaired) electrons. The maximum Gasteiger partial charge on any atom is 0.246 e. The van der Waals surface area contributed by atoms with E-state index in [9.17, 15) is 0 Å². The molecule has 2 aromatic rings. The van der Waals surface area contributed by atoms with Gasteiger partial charge in [-0.05, 0) is 25.1 Å². The highest BCUT2D eigenvalue weighted by Gasteiger charge is 2.12. The van der Waals surface area contributed by atoms with Gasteiger partial charge in [-0.2, -0.15) is 4.98 Å². The van der Waals surface area contributed by atoms with Crippen LogP contribution in [0, 0.1) is 0 Å². The highest BCUT2D eigenvalue weighted by Crippen LogP contribution is 2.19. The van der Waals surface area contributed by atoms with Gasteiger partial charge in [0.15, 0.2) is 5.82 Å². The Labute approximate surface area is 120 Å². The van der Waals surface area contributed by atoms with Gasteiger partial charge in [-0.1, -0.05) is 32.3 Å². The van der Waals surface area contributed by atoms with Crippen LogP contribution >= 0.6 is 0 Å². The molecule has 0 amide bonds. The molecule has 2 rings (SSSR count). The van der Waals surface area contributed by atoms with Gasteiger partial charge in [0.25, 0.3) is 0 Å². The minimum absolute atomic E-state index is 0.297. The van der Waals surface area contributed by atoms with Gasteiger partial charge < -0.3 is 14.4 Å². The molecule has 20 heavy (non-hydrogen) atoms. The van der Waals surface area contributed by atoms with E-state index in [0.717, 1.165) is 18.7 Å². The molecular weight excluding hydrogens is 252 g/mol. The lowest BCUT2D eigenvalue weighted by molar-refractivity contribution is 0.364. The summed E-state index contributed by atoms with van der Waals surface area (Å²) in [4.78, 5) is 4.40. The molecule has 1 N–H and O–H groups in total. The van der Waals surface area contributed by atoms with Crippen LogP contribution < -0.4 is 5.32 Å². The quantitative estimate of drug-likeness (QED) is 0.844. The van der Waals surface area contributed by atoms with Gasteiger partial charge in [0.05, 0.1) is 0 Å². The molecule has 1 unspecified atom stereocenters. The van der Waals surface area contributed by atoms with E-state index in [-0.39, 0.29) is 0 Å². The van der Waals surface area contributed by atoms with E-state index >= 15 is 0 Å². The highest BCUT2D eigenvalue weighted by molar-refractivity contribution is 5.15. The third kappa shape index (κ3) is 3.48. The Morgan fingerprint density at radius 1 is 1.40 bits per heavy atom. The van der Waals surface area contributed by atoms with Crippen LogP contribution in [-0.4, -0.2) is 21.8 Å². The standard InChI is InChI=1S/C15H24N4O/c1-5-6-13(16-4)12-7-8-19(9-12)10-14-17-15(11(2)3)18-20-14/h7-9,11,13,16H,5-6,10H2,1-4H3. The molecule has 0 fully saturated rings. The Kier molecular flexibility index (Phi) is 4.95. The van der Waals surface area contributed by atoms with Gasteiger partial charge in [0, 0.05) is 24.4 Å². The lowest BCUT2D eigenvalue weighted by Gasteiger charge is -2.13. The predicted octanol–water partition coefficient (Wildman–Crippen LogP) is 3.10. The van der Waals surface area contributed by atoms with Crippen molar-refractivity contribution < 1.29 is 4.52 Å². The van der Waals surface area contributed by atoms with Crippen molar-refractivity contribution >= 4 is 0 Å². The molecular formula is C15H24N4O. The second kappa shape index (κ2) is 6.70. The first-order valence-corrected chi connectivity index (χ1v) is 7.29. The Morgan fingerprint density at radius 3 is 2.80 bits per heavy atom. The summed E-state index contributed by atoms with van der Waals surface area (Å²) >= 11 is 0. The van der Waals surface area contributed by atoms with Crippen LogP contribution in [0.15, 0.2) is 23.0 Å². The molecule has 5 nitrogen and oxygen atoms in total. The molecule has 0 aliphatic carbocycles. The van der Waals surface area contributed by atoms with Crippen LogP contribution in [0.5, 0.6) is 0 Å². The minimum atomic E-state index is 0.297. The second-order valence-electron chi connectivity index (χ2n) is 5.45. The molecule has 0 saturated heterocycles. The molecule has 2 heterocycles. The summed E-state index contributed by atoms with van der Waals surface area (Å²) in [7, 11) is 2.00. The lowest BCUT2D eigenvalue weighted by Crippen LogP contribution is -2.15. The maximum atomic E-state index is 5.28. The highest BCUT2D eigenvalue weighted by atomic mass is 16.5. The Bertz CT molecular complexity index is 529. The smallest absolute Gasteiger partial charge is 0.246 e. The Balaban J connectivity index is 2.04. The van der Waals surface area contributed by atoms with Crippen molar-refractivity contribution in [3.05, 3.63) is 35.7 Å². The zero-order valence-electron chi connectivity index (χ0n) is 12.8. The third-order valence-electron chi connectivity index (χ3n) is 3.42. The van der Waals surface area contributed by atoms with Crippen molar-refractivity contribution in [1.82, 2.24) is 20.0 Å². The molecule has 2 aromatic heterocycles. The number of nitrogens with zero attached hydrogens (tertiary/aromatic N) is 3. The number of hydrogen-bond acceptors (Lipinski definition) is 4. The van der Waals surface area contributed by atoms with Crippen LogP contribution in [0.25, 0.3) is 0 Å². The monoisotopic (exact) mass is 276 g/mol. The van der Waals surface area contributed by atoms with Gasteiger partial charge >= 0.3 is 0 Å². The first-order chi connectivity index (χ1) is 9.63. The van der Waals surface area contributed by atoms with Crippen LogP contribution in [0.4, 0.5) is 0 Å².